The van der Waals surface area contributed by atoms with Crippen molar-refractivity contribution < 1.29 is 10.2 Å². The highest BCUT2D eigenvalue weighted by atomic mass is 15.2. The zero-order valence-electron chi connectivity index (χ0n) is 9.21. The van der Waals surface area contributed by atoms with Gasteiger partial charge in [-0.05, 0) is 0 Å². The molecule has 0 saturated carbocycles. The number of rotatable bonds is 1. The third kappa shape index (κ3) is 1.68. The van der Waals surface area contributed by atoms with Gasteiger partial charge in [0.15, 0.2) is 6.04 Å². The van der Waals surface area contributed by atoms with Crippen LogP contribution in [0.5, 0.6) is 0 Å². The Kier molecular flexibility index (Phi) is 2.47. The van der Waals surface area contributed by atoms with Crippen molar-refractivity contribution in [1.82, 2.24) is 0 Å². The fourth-order valence-corrected chi connectivity index (χ4v) is 3.16. The first kappa shape index (κ1) is 9.37. The van der Waals surface area contributed by atoms with E-state index in [1.165, 1.54) is 39.0 Å². The summed E-state index contributed by atoms with van der Waals surface area (Å²) in [6.45, 7) is 5.23. The van der Waals surface area contributed by atoms with Crippen LogP contribution in [-0.2, 0) is 6.54 Å². The Bertz CT molecular complexity index is 342. The standard InChI is InChI=1S/C13H18N2/c1-2-6-12-11(5-1)9-14-10-13(12)15-7-3-4-8-15/h1-2,5-6,13-14H,3-4,7-10H2/p+2/t13-/m1/s1. The van der Waals surface area contributed by atoms with Crippen molar-refractivity contribution in [2.24, 2.45) is 0 Å². The molecule has 0 bridgehead atoms. The molecule has 0 unspecified atom stereocenters. The SMILES string of the molecule is c1ccc2c(c1)C[NH2+]C[C@H]2[NH+]1CCCC1. The average molecular weight is 204 g/mol. The van der Waals surface area contributed by atoms with Gasteiger partial charge in [-0.1, -0.05) is 24.3 Å². The van der Waals surface area contributed by atoms with Gasteiger partial charge in [0.25, 0.3) is 0 Å². The van der Waals surface area contributed by atoms with E-state index in [1.807, 2.05) is 4.90 Å². The summed E-state index contributed by atoms with van der Waals surface area (Å²) in [4.78, 5) is 1.82. The first-order valence-corrected chi connectivity index (χ1v) is 6.19. The Hall–Kier alpha value is -0.860. The molecule has 3 N–H and O–H groups in total. The predicted octanol–water partition coefficient (Wildman–Crippen LogP) is -0.517. The number of hydrogen-bond acceptors (Lipinski definition) is 0. The van der Waals surface area contributed by atoms with Gasteiger partial charge in [-0.15, -0.1) is 0 Å². The molecule has 2 nitrogen and oxygen atoms in total. The minimum atomic E-state index is 0.762. The number of fused-ring (bicyclic) bond motifs is 1. The summed E-state index contributed by atoms with van der Waals surface area (Å²) < 4.78 is 0. The summed E-state index contributed by atoms with van der Waals surface area (Å²) in [6, 6.07) is 9.78. The summed E-state index contributed by atoms with van der Waals surface area (Å²) in [7, 11) is 0. The molecule has 2 aliphatic rings. The number of nitrogens with one attached hydrogen (secondary N) is 1. The monoisotopic (exact) mass is 204 g/mol. The van der Waals surface area contributed by atoms with Gasteiger partial charge in [0.1, 0.15) is 13.1 Å². The third-order valence-electron chi connectivity index (χ3n) is 3.94. The van der Waals surface area contributed by atoms with E-state index < -0.39 is 0 Å². The van der Waals surface area contributed by atoms with E-state index >= 15 is 0 Å². The van der Waals surface area contributed by atoms with Crippen LogP contribution in [-0.4, -0.2) is 19.6 Å². The molecule has 2 heteroatoms. The fourth-order valence-electron chi connectivity index (χ4n) is 3.16. The number of benzene rings is 1. The summed E-state index contributed by atoms with van der Waals surface area (Å²) >= 11 is 0. The average Bonchev–Trinajstić information content (AvgIpc) is 2.82. The molecule has 15 heavy (non-hydrogen) atoms. The van der Waals surface area contributed by atoms with Gasteiger partial charge >= 0.3 is 0 Å². The van der Waals surface area contributed by atoms with Crippen molar-refractivity contribution in [1.29, 1.82) is 0 Å². The van der Waals surface area contributed by atoms with Crippen molar-refractivity contribution in [2.75, 3.05) is 19.6 Å². The summed E-state index contributed by atoms with van der Waals surface area (Å²) in [6.07, 6.45) is 2.85. The Labute approximate surface area is 91.3 Å². The van der Waals surface area contributed by atoms with E-state index in [9.17, 15) is 0 Å². The van der Waals surface area contributed by atoms with Gasteiger partial charge in [0.05, 0.1) is 13.1 Å². The van der Waals surface area contributed by atoms with Crippen molar-refractivity contribution in [3.8, 4) is 0 Å². The highest BCUT2D eigenvalue weighted by Crippen LogP contribution is 2.17. The van der Waals surface area contributed by atoms with E-state index in [2.05, 4.69) is 29.6 Å². The second kappa shape index (κ2) is 3.95. The molecule has 0 spiro atoms. The molecule has 2 heterocycles. The molecule has 0 radical (unpaired) electrons. The fraction of sp³-hybridized carbons (Fsp3) is 0.538. The van der Waals surface area contributed by atoms with Crippen molar-refractivity contribution in [3.05, 3.63) is 35.4 Å². The smallest absolute Gasteiger partial charge is 0.163 e. The Morgan fingerprint density at radius 2 is 1.93 bits per heavy atom. The Morgan fingerprint density at radius 1 is 1.13 bits per heavy atom. The molecule has 1 atom stereocenters. The molecular formula is C13H20N2+2. The van der Waals surface area contributed by atoms with E-state index in [1.54, 1.807) is 11.1 Å². The summed E-state index contributed by atoms with van der Waals surface area (Å²) in [5.74, 6) is 0. The van der Waals surface area contributed by atoms with Gasteiger partial charge in [-0.2, -0.15) is 0 Å². The topological polar surface area (TPSA) is 21.1 Å². The first-order chi connectivity index (χ1) is 7.45. The van der Waals surface area contributed by atoms with Crippen molar-refractivity contribution >= 4 is 0 Å². The lowest BCUT2D eigenvalue weighted by Gasteiger charge is -2.28. The van der Waals surface area contributed by atoms with E-state index in [0.29, 0.717) is 0 Å². The van der Waals surface area contributed by atoms with Crippen LogP contribution in [0.3, 0.4) is 0 Å². The molecule has 1 aromatic carbocycles. The molecule has 1 fully saturated rings. The van der Waals surface area contributed by atoms with Crippen LogP contribution < -0.4 is 10.2 Å². The van der Waals surface area contributed by atoms with Gasteiger partial charge in [0.2, 0.25) is 0 Å². The molecule has 80 valence electrons. The molecular weight excluding hydrogens is 184 g/mol. The number of nitrogens with two attached hydrogens (primary N) is 1. The molecule has 2 aliphatic heterocycles. The van der Waals surface area contributed by atoms with E-state index in [4.69, 9.17) is 0 Å². The number of likely N-dealkylation sites (tertiary alicyclic amines) is 1. The number of hydrogen-bond donors (Lipinski definition) is 2. The Morgan fingerprint density at radius 3 is 2.80 bits per heavy atom. The van der Waals surface area contributed by atoms with Crippen LogP contribution in [0, 0.1) is 0 Å². The van der Waals surface area contributed by atoms with Gasteiger partial charge in [-0.3, -0.25) is 0 Å². The first-order valence-electron chi connectivity index (χ1n) is 6.19. The molecule has 0 aromatic heterocycles. The lowest BCUT2D eigenvalue weighted by molar-refractivity contribution is -0.937. The lowest BCUT2D eigenvalue weighted by Crippen LogP contribution is -3.13. The molecule has 3 rings (SSSR count). The summed E-state index contributed by atoms with van der Waals surface area (Å²) in [5, 5.41) is 2.47. The van der Waals surface area contributed by atoms with Crippen LogP contribution in [0.1, 0.15) is 30.0 Å². The van der Waals surface area contributed by atoms with Crippen molar-refractivity contribution in [2.45, 2.75) is 25.4 Å². The van der Waals surface area contributed by atoms with E-state index in [-0.39, 0.29) is 0 Å². The molecule has 1 saturated heterocycles. The lowest BCUT2D eigenvalue weighted by atomic mass is 9.96. The Balaban J connectivity index is 1.91. The zero-order valence-corrected chi connectivity index (χ0v) is 9.21. The van der Waals surface area contributed by atoms with Crippen LogP contribution in [0.4, 0.5) is 0 Å². The van der Waals surface area contributed by atoms with Gasteiger partial charge in [0, 0.05) is 24.0 Å². The number of quaternary nitrogens is 2. The maximum atomic E-state index is 2.47. The van der Waals surface area contributed by atoms with Crippen LogP contribution >= 0.6 is 0 Å². The zero-order chi connectivity index (χ0) is 10.1. The molecule has 1 aromatic rings. The second-order valence-electron chi connectivity index (χ2n) is 4.85. The predicted molar refractivity (Wildman–Crippen MR) is 59.6 cm³/mol. The second-order valence-corrected chi connectivity index (χ2v) is 4.85. The van der Waals surface area contributed by atoms with Crippen molar-refractivity contribution in [3.63, 3.8) is 0 Å². The quantitative estimate of drug-likeness (QED) is 0.614. The maximum absolute atomic E-state index is 2.47. The highest BCUT2D eigenvalue weighted by molar-refractivity contribution is 5.29. The molecule has 0 aliphatic carbocycles. The molecule has 0 amide bonds. The van der Waals surface area contributed by atoms with E-state index in [0.717, 1.165) is 6.04 Å². The largest absolute Gasteiger partial charge is 0.337 e. The van der Waals surface area contributed by atoms with Gasteiger partial charge < -0.3 is 10.2 Å². The highest BCUT2D eigenvalue weighted by Gasteiger charge is 2.32. The third-order valence-corrected chi connectivity index (χ3v) is 3.94. The van der Waals surface area contributed by atoms with Crippen LogP contribution in [0.15, 0.2) is 24.3 Å². The minimum Gasteiger partial charge on any atom is -0.337 e. The van der Waals surface area contributed by atoms with Crippen LogP contribution in [0.2, 0.25) is 0 Å². The van der Waals surface area contributed by atoms with Crippen LogP contribution in [0.25, 0.3) is 0 Å². The maximum Gasteiger partial charge on any atom is 0.163 e. The minimum absolute atomic E-state index is 0.762. The van der Waals surface area contributed by atoms with Gasteiger partial charge in [-0.25, -0.2) is 0 Å². The summed E-state index contributed by atoms with van der Waals surface area (Å²) in [5.41, 5.74) is 3.19. The normalized spacial score (nSPS) is 26.5.